The maximum Gasteiger partial charge on any atom is 0.0780 e. The molecule has 144 valence electrons. The van der Waals surface area contributed by atoms with Gasteiger partial charge in [0.1, 0.15) is 0 Å². The molecule has 0 fully saturated rings. The summed E-state index contributed by atoms with van der Waals surface area (Å²) in [5.41, 5.74) is 7.45. The third-order valence-corrected chi connectivity index (χ3v) is 5.15. The number of benzene rings is 2. The molecule has 0 spiro atoms. The maximum absolute atomic E-state index is 9.87. The number of aromatic nitrogens is 2. The lowest BCUT2D eigenvalue weighted by Gasteiger charge is -2.13. The number of aliphatic hydroxyl groups excluding tert-OH is 1. The Hall–Kier alpha value is -3.30. The van der Waals surface area contributed by atoms with Crippen LogP contribution in [-0.2, 0) is 0 Å². The van der Waals surface area contributed by atoms with Gasteiger partial charge in [0.25, 0.3) is 0 Å². The van der Waals surface area contributed by atoms with Crippen molar-refractivity contribution in [3.8, 4) is 11.1 Å². The first-order chi connectivity index (χ1) is 14.2. The normalized spacial score (nSPS) is 11.9. The van der Waals surface area contributed by atoms with Gasteiger partial charge in [-0.15, -0.1) is 0 Å². The van der Waals surface area contributed by atoms with E-state index in [1.165, 1.54) is 5.56 Å². The van der Waals surface area contributed by atoms with E-state index in [1.54, 1.807) is 12.4 Å². The van der Waals surface area contributed by atoms with E-state index in [0.717, 1.165) is 38.7 Å². The second-order valence-electron chi connectivity index (χ2n) is 7.49. The minimum atomic E-state index is -0.0262. The smallest absolute Gasteiger partial charge is 0.0780 e. The van der Waals surface area contributed by atoms with Gasteiger partial charge in [-0.3, -0.25) is 9.97 Å². The quantitative estimate of drug-likeness (QED) is 0.465. The number of nitrogens with zero attached hydrogens (tertiary/aromatic N) is 2. The molecule has 0 aliphatic rings. The fourth-order valence-electron chi connectivity index (χ4n) is 3.55. The van der Waals surface area contributed by atoms with Crippen LogP contribution >= 0.6 is 0 Å². The fourth-order valence-corrected chi connectivity index (χ4v) is 3.55. The van der Waals surface area contributed by atoms with Crippen molar-refractivity contribution < 1.29 is 5.11 Å². The van der Waals surface area contributed by atoms with E-state index in [1.807, 2.05) is 30.5 Å². The second kappa shape index (κ2) is 8.38. The van der Waals surface area contributed by atoms with Crippen LogP contribution in [0.25, 0.3) is 33.7 Å². The number of pyridine rings is 2. The van der Waals surface area contributed by atoms with Crippen molar-refractivity contribution >= 4 is 22.6 Å². The number of fused-ring (bicyclic) bond motifs is 1. The Kier molecular flexibility index (Phi) is 5.50. The Bertz CT molecular complexity index is 1160. The van der Waals surface area contributed by atoms with Gasteiger partial charge < -0.3 is 5.11 Å². The summed E-state index contributed by atoms with van der Waals surface area (Å²) in [7, 11) is 0. The van der Waals surface area contributed by atoms with Crippen LogP contribution in [0.2, 0.25) is 0 Å². The van der Waals surface area contributed by atoms with E-state index in [9.17, 15) is 5.11 Å². The molecule has 2 heterocycles. The Balaban J connectivity index is 1.83. The Morgan fingerprint density at radius 1 is 0.966 bits per heavy atom. The van der Waals surface area contributed by atoms with E-state index >= 15 is 0 Å². The van der Waals surface area contributed by atoms with Crippen molar-refractivity contribution in [1.29, 1.82) is 0 Å². The van der Waals surface area contributed by atoms with Gasteiger partial charge >= 0.3 is 0 Å². The molecule has 0 aliphatic heterocycles. The molecule has 0 bridgehead atoms. The molecule has 0 atom stereocenters. The molecule has 2 aromatic carbocycles. The summed E-state index contributed by atoms with van der Waals surface area (Å²) < 4.78 is 0. The number of rotatable bonds is 5. The van der Waals surface area contributed by atoms with Gasteiger partial charge in [-0.05, 0) is 76.2 Å². The third kappa shape index (κ3) is 4.10. The predicted molar refractivity (Wildman–Crippen MR) is 120 cm³/mol. The minimum absolute atomic E-state index is 0.0262. The molecular formula is C26H24N2O. The van der Waals surface area contributed by atoms with Crippen LogP contribution in [-0.4, -0.2) is 21.7 Å². The zero-order valence-electron chi connectivity index (χ0n) is 16.7. The molecule has 3 heteroatoms. The molecular weight excluding hydrogens is 356 g/mol. The maximum atomic E-state index is 9.87. The van der Waals surface area contributed by atoms with E-state index in [2.05, 4.69) is 66.3 Å². The summed E-state index contributed by atoms with van der Waals surface area (Å²) in [4.78, 5) is 8.71. The molecule has 0 amide bonds. The summed E-state index contributed by atoms with van der Waals surface area (Å²) in [6.45, 7) is 4.40. The lowest BCUT2D eigenvalue weighted by molar-refractivity contribution is 0.350. The minimum Gasteiger partial charge on any atom is -0.392 e. The number of aliphatic hydroxyl groups is 1. The fraction of sp³-hybridized carbons (Fsp3) is 0.154. The summed E-state index contributed by atoms with van der Waals surface area (Å²) in [6.07, 6.45) is 7.35. The molecule has 1 N–H and O–H groups in total. The molecule has 4 rings (SSSR count). The van der Waals surface area contributed by atoms with Gasteiger partial charge in [-0.1, -0.05) is 38.1 Å². The summed E-state index contributed by atoms with van der Waals surface area (Å²) >= 11 is 0. The largest absolute Gasteiger partial charge is 0.392 e. The van der Waals surface area contributed by atoms with Crippen molar-refractivity contribution in [2.24, 2.45) is 0 Å². The van der Waals surface area contributed by atoms with Crippen LogP contribution in [0.4, 0.5) is 0 Å². The van der Waals surface area contributed by atoms with Crippen LogP contribution in [0.1, 0.15) is 36.5 Å². The first-order valence-electron chi connectivity index (χ1n) is 9.86. The first kappa shape index (κ1) is 19.0. The average Bonchev–Trinajstić information content (AvgIpc) is 2.77. The van der Waals surface area contributed by atoms with Crippen molar-refractivity contribution in [2.75, 3.05) is 6.61 Å². The molecule has 0 saturated heterocycles. The predicted octanol–water partition coefficient (Wildman–Crippen LogP) is 5.95. The van der Waals surface area contributed by atoms with Crippen LogP contribution in [0.3, 0.4) is 0 Å². The molecule has 0 aliphatic carbocycles. The average molecular weight is 380 g/mol. The summed E-state index contributed by atoms with van der Waals surface area (Å²) in [5, 5.41) is 11.0. The molecule has 0 unspecified atom stereocenters. The van der Waals surface area contributed by atoms with Gasteiger partial charge in [0, 0.05) is 29.5 Å². The Labute approximate surface area is 171 Å². The lowest BCUT2D eigenvalue weighted by Crippen LogP contribution is -1.93. The Morgan fingerprint density at radius 3 is 2.55 bits per heavy atom. The molecule has 0 radical (unpaired) electrons. The summed E-state index contributed by atoms with van der Waals surface area (Å²) in [6, 6.07) is 20.8. The Morgan fingerprint density at radius 2 is 1.79 bits per heavy atom. The number of hydrogen-bond donors (Lipinski definition) is 1. The van der Waals surface area contributed by atoms with Gasteiger partial charge in [0.15, 0.2) is 0 Å². The van der Waals surface area contributed by atoms with Crippen LogP contribution < -0.4 is 0 Å². The highest BCUT2D eigenvalue weighted by Gasteiger charge is 2.10. The zero-order chi connectivity index (χ0) is 20.2. The van der Waals surface area contributed by atoms with E-state index < -0.39 is 0 Å². The van der Waals surface area contributed by atoms with Crippen molar-refractivity contribution in [3.05, 3.63) is 95.9 Å². The van der Waals surface area contributed by atoms with Gasteiger partial charge in [-0.2, -0.15) is 0 Å². The van der Waals surface area contributed by atoms with Gasteiger partial charge in [0.2, 0.25) is 0 Å². The standard InChI is InChI=1S/C26H24N2O/c1-18(2)23-15-22-7-4-10-28-26(22)25(16-23)21-6-3-5-19(13-21)14-24(17-29)20-8-11-27-12-9-20/h3-16,18,29H,17H2,1-2H3/b24-14+. The van der Waals surface area contributed by atoms with E-state index in [0.29, 0.717) is 5.92 Å². The molecule has 3 nitrogen and oxygen atoms in total. The van der Waals surface area contributed by atoms with Gasteiger partial charge in [0.05, 0.1) is 12.1 Å². The van der Waals surface area contributed by atoms with Crippen LogP contribution in [0.5, 0.6) is 0 Å². The third-order valence-electron chi connectivity index (χ3n) is 5.15. The molecule has 0 saturated carbocycles. The van der Waals surface area contributed by atoms with Gasteiger partial charge in [-0.25, -0.2) is 0 Å². The topological polar surface area (TPSA) is 46.0 Å². The first-order valence-corrected chi connectivity index (χ1v) is 9.86. The van der Waals surface area contributed by atoms with Crippen molar-refractivity contribution in [1.82, 2.24) is 9.97 Å². The van der Waals surface area contributed by atoms with Crippen molar-refractivity contribution in [3.63, 3.8) is 0 Å². The van der Waals surface area contributed by atoms with Crippen molar-refractivity contribution in [2.45, 2.75) is 19.8 Å². The second-order valence-corrected chi connectivity index (χ2v) is 7.49. The molecule has 29 heavy (non-hydrogen) atoms. The monoisotopic (exact) mass is 380 g/mol. The SMILES string of the molecule is CC(C)c1cc(-c2cccc(/C=C(\CO)c3ccncc3)c2)c2ncccc2c1. The van der Waals surface area contributed by atoms with Crippen LogP contribution in [0, 0.1) is 0 Å². The highest BCUT2D eigenvalue weighted by Crippen LogP contribution is 2.32. The molecule has 4 aromatic rings. The summed E-state index contributed by atoms with van der Waals surface area (Å²) in [5.74, 6) is 0.439. The zero-order valence-corrected chi connectivity index (χ0v) is 16.7. The van der Waals surface area contributed by atoms with E-state index in [4.69, 9.17) is 0 Å². The molecule has 2 aromatic heterocycles. The number of hydrogen-bond acceptors (Lipinski definition) is 3. The highest BCUT2D eigenvalue weighted by molar-refractivity contribution is 5.95. The highest BCUT2D eigenvalue weighted by atomic mass is 16.3. The van der Waals surface area contributed by atoms with E-state index in [-0.39, 0.29) is 6.61 Å². The lowest BCUT2D eigenvalue weighted by atomic mass is 9.93. The van der Waals surface area contributed by atoms with Crippen LogP contribution in [0.15, 0.2) is 79.3 Å².